The minimum Gasteiger partial charge on any atom is -0.343 e. The predicted octanol–water partition coefficient (Wildman–Crippen LogP) is 4.17. The summed E-state index contributed by atoms with van der Waals surface area (Å²) >= 11 is 0. The van der Waals surface area contributed by atoms with Crippen molar-refractivity contribution in [2.45, 2.75) is 68.7 Å². The van der Waals surface area contributed by atoms with Crippen molar-refractivity contribution in [2.75, 3.05) is 25.0 Å². The smallest absolute Gasteiger partial charge is 0.247 e. The number of sulfonamides is 1. The van der Waals surface area contributed by atoms with Crippen LogP contribution in [0, 0.1) is 30.3 Å². The van der Waals surface area contributed by atoms with Crippen molar-refractivity contribution in [1.82, 2.24) is 19.9 Å². The molecule has 2 amide bonds. The number of carbonyl (C=O) groups excluding carboxylic acids is 2. The zero-order valence-electron chi connectivity index (χ0n) is 26.0. The molecular formula is C34H38F3N5O4S. The fourth-order valence-corrected chi connectivity index (χ4v) is 8.39. The predicted molar refractivity (Wildman–Crippen MR) is 170 cm³/mol. The molecule has 3 aromatic rings. The molecular weight excluding hydrogens is 631 g/mol. The first kappa shape index (κ1) is 33.1. The highest BCUT2D eigenvalue weighted by atomic mass is 32.2. The summed E-state index contributed by atoms with van der Waals surface area (Å²) < 4.78 is 71.8. The molecule has 2 aliphatic carbocycles. The second-order valence-electron chi connectivity index (χ2n) is 12.7. The van der Waals surface area contributed by atoms with Gasteiger partial charge in [0.15, 0.2) is 0 Å². The Morgan fingerprint density at radius 2 is 1.74 bits per heavy atom. The molecule has 13 heteroatoms. The van der Waals surface area contributed by atoms with Gasteiger partial charge in [0.25, 0.3) is 0 Å². The Kier molecular flexibility index (Phi) is 9.67. The fraction of sp³-hybridized carbons (Fsp3) is 0.441. The number of rotatable bonds is 12. The van der Waals surface area contributed by atoms with Crippen LogP contribution in [0.2, 0.25) is 0 Å². The van der Waals surface area contributed by atoms with E-state index in [9.17, 15) is 26.8 Å². The van der Waals surface area contributed by atoms with Gasteiger partial charge in [0, 0.05) is 43.1 Å². The van der Waals surface area contributed by atoms with E-state index in [4.69, 9.17) is 0 Å². The molecule has 1 saturated heterocycles. The van der Waals surface area contributed by atoms with Gasteiger partial charge in [-0.2, -0.15) is 4.31 Å². The lowest BCUT2D eigenvalue weighted by Crippen LogP contribution is -2.54. The lowest BCUT2D eigenvalue weighted by molar-refractivity contribution is -0.127. The number of hydrogen-bond donors (Lipinski definition) is 3. The molecule has 2 saturated carbocycles. The van der Waals surface area contributed by atoms with Gasteiger partial charge in [-0.25, -0.2) is 21.6 Å². The number of halogens is 3. The number of pyridine rings is 1. The minimum absolute atomic E-state index is 0.0781. The maximum absolute atomic E-state index is 15.4. The van der Waals surface area contributed by atoms with Crippen molar-refractivity contribution in [1.29, 1.82) is 0 Å². The van der Waals surface area contributed by atoms with Gasteiger partial charge in [-0.3, -0.25) is 14.6 Å². The number of anilines is 1. The Labute approximate surface area is 272 Å². The molecule has 0 bridgehead atoms. The number of hydrogen-bond acceptors (Lipinski definition) is 6. The van der Waals surface area contributed by atoms with Crippen LogP contribution in [0.25, 0.3) is 0 Å². The van der Waals surface area contributed by atoms with Gasteiger partial charge >= 0.3 is 0 Å². The van der Waals surface area contributed by atoms with Gasteiger partial charge < -0.3 is 16.0 Å². The van der Waals surface area contributed by atoms with Gasteiger partial charge in [0.1, 0.15) is 23.5 Å². The molecule has 3 N–H and O–H groups in total. The van der Waals surface area contributed by atoms with Crippen molar-refractivity contribution in [3.05, 3.63) is 94.6 Å². The summed E-state index contributed by atoms with van der Waals surface area (Å²) in [6.07, 6.45) is 5.37. The Hall–Kier alpha value is -3.81. The number of benzene rings is 2. The van der Waals surface area contributed by atoms with E-state index < -0.39 is 51.4 Å². The second kappa shape index (κ2) is 13.7. The van der Waals surface area contributed by atoms with Gasteiger partial charge in [-0.15, -0.1) is 0 Å². The third kappa shape index (κ3) is 7.68. The Morgan fingerprint density at radius 1 is 1.00 bits per heavy atom. The van der Waals surface area contributed by atoms with E-state index in [1.165, 1.54) is 46.9 Å². The first-order valence-corrected chi connectivity index (χ1v) is 17.5. The molecule has 1 aromatic heterocycles. The summed E-state index contributed by atoms with van der Waals surface area (Å²) in [5.41, 5.74) is 1.67. The molecule has 3 atom stereocenters. The Bertz CT molecular complexity index is 1730. The van der Waals surface area contributed by atoms with Gasteiger partial charge in [0.05, 0.1) is 23.3 Å². The maximum atomic E-state index is 15.4. The number of amides is 2. The van der Waals surface area contributed by atoms with Crippen molar-refractivity contribution in [3.8, 4) is 0 Å². The molecule has 2 heterocycles. The number of piperazine rings is 1. The zero-order valence-corrected chi connectivity index (χ0v) is 26.8. The average molecular weight is 670 g/mol. The average Bonchev–Trinajstić information content (AvgIpc) is 3.94. The monoisotopic (exact) mass is 669 g/mol. The summed E-state index contributed by atoms with van der Waals surface area (Å²) in [7, 11) is -3.45. The van der Waals surface area contributed by atoms with E-state index in [0.29, 0.717) is 68.4 Å². The van der Waals surface area contributed by atoms with Crippen LogP contribution in [0.3, 0.4) is 0 Å². The normalized spacial score (nSPS) is 20.0. The number of carbonyl (C=O) groups is 2. The first-order valence-electron chi connectivity index (χ1n) is 16.0. The molecule has 6 rings (SSSR count). The van der Waals surface area contributed by atoms with Gasteiger partial charge in [-0.05, 0) is 86.4 Å². The number of nitrogens with one attached hydrogen (secondary N) is 3. The lowest BCUT2D eigenvalue weighted by atomic mass is 9.83. The molecule has 250 valence electrons. The van der Waals surface area contributed by atoms with Crippen LogP contribution in [0.4, 0.5) is 18.9 Å². The molecule has 2 aromatic carbocycles. The van der Waals surface area contributed by atoms with Crippen LogP contribution in [-0.4, -0.2) is 66.5 Å². The van der Waals surface area contributed by atoms with Crippen molar-refractivity contribution in [3.63, 3.8) is 0 Å². The largest absolute Gasteiger partial charge is 0.343 e. The van der Waals surface area contributed by atoms with Crippen LogP contribution in [0.15, 0.2) is 54.9 Å². The quantitative estimate of drug-likeness (QED) is 0.267. The number of nitrogens with zero attached hydrogens (tertiary/aromatic N) is 2. The summed E-state index contributed by atoms with van der Waals surface area (Å²) in [4.78, 5) is 31.3. The minimum atomic E-state index is -3.45. The van der Waals surface area contributed by atoms with Gasteiger partial charge in [0.2, 0.25) is 21.8 Å². The van der Waals surface area contributed by atoms with E-state index in [1.807, 2.05) is 0 Å². The van der Waals surface area contributed by atoms with E-state index in [-0.39, 0.29) is 34.7 Å². The molecule has 47 heavy (non-hydrogen) atoms. The standard InChI is InChI=1S/C34H38F3N5O4S/c1-20-14-23(16-25(36)15-20)31(21-4-6-24(35)7-5-21)32(41-33(43)22-2-3-22)34(44)40-30-19-39-18-29(37)28(30)11-8-26-17-38-12-13-42(26)47(45,46)27-9-10-27/h4-7,14-16,18-19,22,26-27,31-32,38H,2-3,8-13,17H2,1H3,(H,40,44)(H,41,43)/t26-,31-,32-/m0/s1. The van der Waals surface area contributed by atoms with Crippen LogP contribution in [0.5, 0.6) is 0 Å². The highest BCUT2D eigenvalue weighted by molar-refractivity contribution is 7.90. The molecule has 0 unspecified atom stereocenters. The summed E-state index contributed by atoms with van der Waals surface area (Å²) in [5, 5.41) is 8.46. The van der Waals surface area contributed by atoms with Crippen LogP contribution in [-0.2, 0) is 26.0 Å². The van der Waals surface area contributed by atoms with Crippen molar-refractivity contribution < 1.29 is 31.2 Å². The molecule has 3 aliphatic rings. The molecule has 0 spiro atoms. The highest BCUT2D eigenvalue weighted by Crippen LogP contribution is 2.35. The molecule has 1 aliphatic heterocycles. The Morgan fingerprint density at radius 3 is 2.43 bits per heavy atom. The number of aryl methyl sites for hydroxylation is 1. The first-order chi connectivity index (χ1) is 22.5. The Balaban J connectivity index is 1.30. The van der Waals surface area contributed by atoms with Gasteiger partial charge in [-0.1, -0.05) is 18.2 Å². The topological polar surface area (TPSA) is 120 Å². The third-order valence-electron chi connectivity index (χ3n) is 9.07. The summed E-state index contributed by atoms with van der Waals surface area (Å²) in [6, 6.07) is 8.07. The van der Waals surface area contributed by atoms with Crippen LogP contribution < -0.4 is 16.0 Å². The van der Waals surface area contributed by atoms with E-state index in [0.717, 1.165) is 6.20 Å². The van der Waals surface area contributed by atoms with Crippen molar-refractivity contribution >= 4 is 27.5 Å². The van der Waals surface area contributed by atoms with Crippen LogP contribution >= 0.6 is 0 Å². The lowest BCUT2D eigenvalue weighted by Gasteiger charge is -2.35. The molecule has 9 nitrogen and oxygen atoms in total. The maximum Gasteiger partial charge on any atom is 0.247 e. The van der Waals surface area contributed by atoms with E-state index >= 15 is 4.39 Å². The van der Waals surface area contributed by atoms with Crippen LogP contribution in [0.1, 0.15) is 60.3 Å². The second-order valence-corrected chi connectivity index (χ2v) is 14.9. The molecule has 3 fully saturated rings. The zero-order chi connectivity index (χ0) is 33.3. The fourth-order valence-electron chi connectivity index (χ4n) is 6.33. The third-order valence-corrected chi connectivity index (χ3v) is 11.5. The number of aromatic nitrogens is 1. The summed E-state index contributed by atoms with van der Waals surface area (Å²) in [6.45, 7) is 2.98. The van der Waals surface area contributed by atoms with E-state index in [1.54, 1.807) is 13.0 Å². The van der Waals surface area contributed by atoms with Crippen molar-refractivity contribution in [2.24, 2.45) is 5.92 Å². The summed E-state index contributed by atoms with van der Waals surface area (Å²) in [5.74, 6) is -3.93. The SMILES string of the molecule is Cc1cc(F)cc([C@H](c2ccc(F)cc2)[C@H](NC(=O)C2CC2)C(=O)Nc2cncc(F)c2CC[C@H]2CNCCN2S(=O)(=O)C2CC2)c1. The van der Waals surface area contributed by atoms with E-state index in [2.05, 4.69) is 20.9 Å². The highest BCUT2D eigenvalue weighted by Gasteiger charge is 2.43. The molecule has 0 radical (unpaired) electrons.